The number of nitrogens with zero attached hydrogens (tertiary/aromatic N) is 2. The first-order chi connectivity index (χ1) is 14.6. The molecule has 3 aromatic rings. The molecule has 0 spiro atoms. The Morgan fingerprint density at radius 2 is 1.93 bits per heavy atom. The van der Waals surface area contributed by atoms with Crippen molar-refractivity contribution in [2.75, 3.05) is 5.32 Å². The van der Waals surface area contributed by atoms with Crippen LogP contribution in [0.2, 0.25) is 0 Å². The highest BCUT2D eigenvalue weighted by molar-refractivity contribution is 5.91. The summed E-state index contributed by atoms with van der Waals surface area (Å²) in [5.41, 5.74) is 2.91. The van der Waals surface area contributed by atoms with E-state index in [9.17, 15) is 9.90 Å². The summed E-state index contributed by atoms with van der Waals surface area (Å²) in [6, 6.07) is 18.1. The number of benzene rings is 2. The highest BCUT2D eigenvalue weighted by atomic mass is 16.3. The van der Waals surface area contributed by atoms with Gasteiger partial charge in [0.15, 0.2) is 5.82 Å². The molecule has 1 aromatic heterocycles. The lowest BCUT2D eigenvalue weighted by Gasteiger charge is -2.20. The number of hydrogen-bond donors (Lipinski definition) is 4. The maximum Gasteiger partial charge on any atom is 0.232 e. The van der Waals surface area contributed by atoms with Gasteiger partial charge >= 0.3 is 0 Å². The van der Waals surface area contributed by atoms with Crippen LogP contribution in [0.1, 0.15) is 41.7 Å². The number of carbonyl (C=O) groups is 1. The minimum atomic E-state index is -0.485. The number of aryl methyl sites for hydroxylation is 1. The fourth-order valence-corrected chi connectivity index (χ4v) is 3.97. The third-order valence-corrected chi connectivity index (χ3v) is 5.48. The van der Waals surface area contributed by atoms with E-state index in [4.69, 9.17) is 0 Å². The molecule has 1 aliphatic heterocycles. The molecular weight excluding hydrogens is 378 g/mol. The van der Waals surface area contributed by atoms with Gasteiger partial charge in [-0.3, -0.25) is 9.89 Å². The van der Waals surface area contributed by atoms with E-state index in [0.29, 0.717) is 17.7 Å². The average molecular weight is 406 g/mol. The molecule has 0 radical (unpaired) electrons. The monoisotopic (exact) mass is 405 g/mol. The van der Waals surface area contributed by atoms with E-state index in [1.54, 1.807) is 6.92 Å². The van der Waals surface area contributed by atoms with Crippen molar-refractivity contribution in [1.82, 2.24) is 20.5 Å². The van der Waals surface area contributed by atoms with E-state index in [1.165, 1.54) is 5.56 Å². The first kappa shape index (κ1) is 20.3. The van der Waals surface area contributed by atoms with Crippen LogP contribution < -0.4 is 10.6 Å². The summed E-state index contributed by atoms with van der Waals surface area (Å²) in [5, 5.41) is 23.8. The van der Waals surface area contributed by atoms with Crippen LogP contribution in [0.5, 0.6) is 0 Å². The van der Waals surface area contributed by atoms with Crippen molar-refractivity contribution in [1.29, 1.82) is 0 Å². The zero-order chi connectivity index (χ0) is 20.9. The van der Waals surface area contributed by atoms with Gasteiger partial charge in [0.1, 0.15) is 5.82 Å². The lowest BCUT2D eigenvalue weighted by atomic mass is 10.0. The molecule has 4 N–H and O–H groups in total. The molecule has 2 aromatic carbocycles. The van der Waals surface area contributed by atoms with Crippen LogP contribution in [0.4, 0.5) is 5.69 Å². The molecule has 2 heterocycles. The number of aliphatic hydroxyl groups is 1. The van der Waals surface area contributed by atoms with Gasteiger partial charge in [-0.15, -0.1) is 0 Å². The summed E-state index contributed by atoms with van der Waals surface area (Å²) < 4.78 is 0. The number of aliphatic hydroxyl groups excluding tert-OH is 1. The molecule has 1 fully saturated rings. The smallest absolute Gasteiger partial charge is 0.232 e. The highest BCUT2D eigenvalue weighted by Crippen LogP contribution is 2.26. The SMILES string of the molecule is Cc1nc(CC(=O)Nc2ccc(C[C@@H]3CC[C@H]([C@H](O)c4ccccc4)N3)cc2)n[nH]1. The van der Waals surface area contributed by atoms with Crippen LogP contribution in [0.3, 0.4) is 0 Å². The van der Waals surface area contributed by atoms with Gasteiger partial charge in [-0.25, -0.2) is 4.98 Å². The van der Waals surface area contributed by atoms with E-state index in [-0.39, 0.29) is 18.4 Å². The van der Waals surface area contributed by atoms with Crippen molar-refractivity contribution in [3.63, 3.8) is 0 Å². The first-order valence-electron chi connectivity index (χ1n) is 10.3. The molecule has 0 aliphatic carbocycles. The Bertz CT molecular complexity index is 971. The van der Waals surface area contributed by atoms with Gasteiger partial charge in [0, 0.05) is 17.8 Å². The van der Waals surface area contributed by atoms with E-state index >= 15 is 0 Å². The molecule has 0 bridgehead atoms. The van der Waals surface area contributed by atoms with Crippen LogP contribution in [-0.2, 0) is 17.6 Å². The van der Waals surface area contributed by atoms with Crippen LogP contribution in [0, 0.1) is 6.92 Å². The number of aromatic nitrogens is 3. The summed E-state index contributed by atoms with van der Waals surface area (Å²) in [6.07, 6.45) is 2.53. The minimum Gasteiger partial charge on any atom is -0.387 e. The van der Waals surface area contributed by atoms with Crippen molar-refractivity contribution >= 4 is 11.6 Å². The lowest BCUT2D eigenvalue weighted by Crippen LogP contribution is -2.35. The molecule has 7 heteroatoms. The maximum absolute atomic E-state index is 12.1. The fraction of sp³-hybridized carbons (Fsp3) is 0.348. The summed E-state index contributed by atoms with van der Waals surface area (Å²) in [6.45, 7) is 1.80. The summed E-state index contributed by atoms with van der Waals surface area (Å²) in [5.74, 6) is 1.04. The van der Waals surface area contributed by atoms with E-state index in [2.05, 4.69) is 25.8 Å². The molecule has 30 heavy (non-hydrogen) atoms. The van der Waals surface area contributed by atoms with Crippen LogP contribution in [-0.4, -0.2) is 38.3 Å². The van der Waals surface area contributed by atoms with Crippen LogP contribution >= 0.6 is 0 Å². The van der Waals surface area contributed by atoms with Gasteiger partial charge in [0.05, 0.1) is 12.5 Å². The Labute approximate surface area is 175 Å². The van der Waals surface area contributed by atoms with E-state index in [0.717, 1.165) is 30.5 Å². The molecule has 0 unspecified atom stereocenters. The maximum atomic E-state index is 12.1. The predicted octanol–water partition coefficient (Wildman–Crippen LogP) is 2.69. The van der Waals surface area contributed by atoms with Crippen molar-refractivity contribution in [3.05, 3.63) is 77.4 Å². The number of hydrogen-bond acceptors (Lipinski definition) is 5. The summed E-state index contributed by atoms with van der Waals surface area (Å²) in [4.78, 5) is 16.3. The Hall–Kier alpha value is -3.03. The molecule has 1 aliphatic rings. The zero-order valence-electron chi connectivity index (χ0n) is 17.0. The van der Waals surface area contributed by atoms with Crippen molar-refractivity contribution in [2.45, 2.75) is 50.8 Å². The number of carbonyl (C=O) groups excluding carboxylic acids is 1. The molecule has 7 nitrogen and oxygen atoms in total. The second-order valence-electron chi connectivity index (χ2n) is 7.87. The largest absolute Gasteiger partial charge is 0.387 e. The number of amides is 1. The molecular formula is C23H27N5O2. The van der Waals surface area contributed by atoms with E-state index in [1.807, 2.05) is 54.6 Å². The normalized spacial score (nSPS) is 19.5. The van der Waals surface area contributed by atoms with Crippen molar-refractivity contribution in [2.24, 2.45) is 0 Å². The minimum absolute atomic E-state index is 0.0789. The molecule has 156 valence electrons. The molecule has 4 rings (SSSR count). The molecule has 1 saturated heterocycles. The summed E-state index contributed by atoms with van der Waals surface area (Å²) in [7, 11) is 0. The van der Waals surface area contributed by atoms with Crippen LogP contribution in [0.25, 0.3) is 0 Å². The second kappa shape index (κ2) is 9.19. The zero-order valence-corrected chi connectivity index (χ0v) is 17.0. The predicted molar refractivity (Wildman–Crippen MR) is 115 cm³/mol. The Morgan fingerprint density at radius 1 is 1.17 bits per heavy atom. The molecule has 3 atom stereocenters. The van der Waals surface area contributed by atoms with Gasteiger partial charge in [-0.1, -0.05) is 42.5 Å². The topological polar surface area (TPSA) is 103 Å². The standard InChI is InChI=1S/C23H27N5O2/c1-15-24-21(28-27-15)14-22(29)26-18-9-7-16(8-10-18)13-19-11-12-20(25-19)23(30)17-5-3-2-4-6-17/h2-10,19-20,23,25,30H,11-14H2,1H3,(H,26,29)(H,24,27,28)/t19-,20+,23+/m0/s1. The van der Waals surface area contributed by atoms with Gasteiger partial charge in [0.25, 0.3) is 0 Å². The number of aromatic amines is 1. The van der Waals surface area contributed by atoms with Crippen molar-refractivity contribution < 1.29 is 9.90 Å². The second-order valence-corrected chi connectivity index (χ2v) is 7.87. The van der Waals surface area contributed by atoms with E-state index < -0.39 is 6.10 Å². The fourth-order valence-electron chi connectivity index (χ4n) is 3.97. The van der Waals surface area contributed by atoms with Gasteiger partial charge in [-0.2, -0.15) is 5.10 Å². The molecule has 1 amide bonds. The third kappa shape index (κ3) is 5.11. The van der Waals surface area contributed by atoms with Gasteiger partial charge in [0.2, 0.25) is 5.91 Å². The first-order valence-corrected chi connectivity index (χ1v) is 10.3. The van der Waals surface area contributed by atoms with Gasteiger partial charge < -0.3 is 15.7 Å². The Morgan fingerprint density at radius 3 is 2.63 bits per heavy atom. The number of H-pyrrole nitrogens is 1. The number of nitrogens with one attached hydrogen (secondary N) is 3. The van der Waals surface area contributed by atoms with Crippen LogP contribution in [0.15, 0.2) is 54.6 Å². The number of rotatable bonds is 7. The third-order valence-electron chi connectivity index (χ3n) is 5.48. The summed E-state index contributed by atoms with van der Waals surface area (Å²) >= 11 is 0. The lowest BCUT2D eigenvalue weighted by molar-refractivity contribution is -0.115. The van der Waals surface area contributed by atoms with Gasteiger partial charge in [-0.05, 0) is 49.4 Å². The Kier molecular flexibility index (Phi) is 6.21. The number of anilines is 1. The highest BCUT2D eigenvalue weighted by Gasteiger charge is 2.29. The van der Waals surface area contributed by atoms with Crippen molar-refractivity contribution in [3.8, 4) is 0 Å². The quantitative estimate of drug-likeness (QED) is 0.484. The average Bonchev–Trinajstić information content (AvgIpc) is 3.38. The molecule has 0 saturated carbocycles. The Balaban J connectivity index is 1.27.